The predicted molar refractivity (Wildman–Crippen MR) is 99.0 cm³/mol. The first kappa shape index (κ1) is 17.7. The first-order chi connectivity index (χ1) is 12.0. The Balaban J connectivity index is 1.53. The van der Waals surface area contributed by atoms with Crippen LogP contribution in [-0.4, -0.2) is 17.6 Å². The van der Waals surface area contributed by atoms with Gasteiger partial charge in [-0.1, -0.05) is 41.4 Å². The maximum absolute atomic E-state index is 12.0. The van der Waals surface area contributed by atoms with Crippen LogP contribution in [-0.2, 0) is 4.79 Å². The Kier molecular flexibility index (Phi) is 5.53. The van der Waals surface area contributed by atoms with Crippen LogP contribution in [0.3, 0.4) is 0 Å². The molecule has 0 unspecified atom stereocenters. The van der Waals surface area contributed by atoms with E-state index in [-0.39, 0.29) is 17.4 Å². The van der Waals surface area contributed by atoms with Gasteiger partial charge in [-0.25, -0.2) is 0 Å². The monoisotopic (exact) mass is 394 g/mol. The second-order valence-electron chi connectivity index (χ2n) is 5.01. The van der Waals surface area contributed by atoms with E-state index in [4.69, 9.17) is 27.6 Å². The molecule has 25 heavy (non-hydrogen) atoms. The van der Waals surface area contributed by atoms with Crippen LogP contribution in [0, 0.1) is 0 Å². The van der Waals surface area contributed by atoms with Gasteiger partial charge in [-0.15, -0.1) is 11.8 Å². The van der Waals surface area contributed by atoms with E-state index >= 15 is 0 Å². The molecule has 3 rings (SSSR count). The number of carbonyl (C=O) groups excluding carboxylic acids is 2. The molecule has 128 valence electrons. The molecule has 0 fully saturated rings. The molecule has 2 aromatic carbocycles. The maximum Gasteiger partial charge on any atom is 0.305 e. The van der Waals surface area contributed by atoms with Gasteiger partial charge in [0.05, 0.1) is 10.8 Å². The molecule has 0 saturated heterocycles. The van der Waals surface area contributed by atoms with Crippen LogP contribution in [0.15, 0.2) is 57.8 Å². The number of benzene rings is 2. The third-order valence-corrected chi connectivity index (χ3v) is 4.95. The topological polar surface area (TPSA) is 71.3 Å². The molecular formula is C17H12Cl2N2O3S. The SMILES string of the molecule is O=C(CSc1cc(Cl)ccc1Cl)NNC(=O)c1cc2ccccc2o1. The third kappa shape index (κ3) is 4.48. The van der Waals surface area contributed by atoms with Gasteiger partial charge in [-0.05, 0) is 30.3 Å². The van der Waals surface area contributed by atoms with Crippen molar-refractivity contribution in [3.8, 4) is 0 Å². The van der Waals surface area contributed by atoms with Gasteiger partial charge in [0.2, 0.25) is 5.91 Å². The number of carbonyl (C=O) groups is 2. The molecule has 8 heteroatoms. The van der Waals surface area contributed by atoms with Crippen molar-refractivity contribution in [1.82, 2.24) is 10.9 Å². The van der Waals surface area contributed by atoms with Gasteiger partial charge in [0.25, 0.3) is 0 Å². The fraction of sp³-hybridized carbons (Fsp3) is 0.0588. The number of hydrazine groups is 1. The van der Waals surface area contributed by atoms with E-state index in [1.807, 2.05) is 18.2 Å². The van der Waals surface area contributed by atoms with Crippen molar-refractivity contribution in [1.29, 1.82) is 0 Å². The molecule has 0 saturated carbocycles. The number of hydrogen-bond donors (Lipinski definition) is 2. The van der Waals surface area contributed by atoms with Crippen molar-refractivity contribution in [2.24, 2.45) is 0 Å². The lowest BCUT2D eigenvalue weighted by atomic mass is 10.2. The van der Waals surface area contributed by atoms with Crippen LogP contribution in [0.25, 0.3) is 11.0 Å². The highest BCUT2D eigenvalue weighted by molar-refractivity contribution is 8.00. The molecule has 1 heterocycles. The number of rotatable bonds is 4. The summed E-state index contributed by atoms with van der Waals surface area (Å²) in [5.74, 6) is -0.728. The first-order valence-corrected chi connectivity index (χ1v) is 8.93. The number of nitrogens with one attached hydrogen (secondary N) is 2. The summed E-state index contributed by atoms with van der Waals surface area (Å²) in [4.78, 5) is 24.6. The van der Waals surface area contributed by atoms with E-state index in [0.29, 0.717) is 20.5 Å². The standard InChI is InChI=1S/C17H12Cl2N2O3S/c18-11-5-6-12(19)15(8-11)25-9-16(22)20-21-17(23)14-7-10-3-1-2-4-13(10)24-14/h1-8H,9H2,(H,20,22)(H,21,23). The molecule has 5 nitrogen and oxygen atoms in total. The van der Waals surface area contributed by atoms with Gasteiger partial charge < -0.3 is 4.42 Å². The Morgan fingerprint density at radius 2 is 1.84 bits per heavy atom. The Bertz CT molecular complexity index is 910. The van der Waals surface area contributed by atoms with Crippen LogP contribution in [0.5, 0.6) is 0 Å². The Morgan fingerprint density at radius 3 is 2.64 bits per heavy atom. The molecule has 0 aliphatic rings. The zero-order chi connectivity index (χ0) is 17.8. The molecule has 2 amide bonds. The minimum absolute atomic E-state index is 0.0699. The highest BCUT2D eigenvalue weighted by Gasteiger charge is 2.13. The lowest BCUT2D eigenvalue weighted by molar-refractivity contribution is -0.119. The van der Waals surface area contributed by atoms with Gasteiger partial charge in [0.1, 0.15) is 5.58 Å². The van der Waals surface area contributed by atoms with Gasteiger partial charge in [0.15, 0.2) is 5.76 Å². The Morgan fingerprint density at radius 1 is 1.04 bits per heavy atom. The minimum atomic E-state index is -0.532. The predicted octanol–water partition coefficient (Wildman–Crippen LogP) is 4.29. The fourth-order valence-electron chi connectivity index (χ4n) is 2.05. The van der Waals surface area contributed by atoms with Crippen molar-refractivity contribution in [2.45, 2.75) is 4.90 Å². The smallest absolute Gasteiger partial charge is 0.305 e. The molecule has 1 aromatic heterocycles. The first-order valence-electron chi connectivity index (χ1n) is 7.18. The number of para-hydroxylation sites is 1. The highest BCUT2D eigenvalue weighted by atomic mass is 35.5. The number of fused-ring (bicyclic) bond motifs is 1. The van der Waals surface area contributed by atoms with E-state index < -0.39 is 5.91 Å². The van der Waals surface area contributed by atoms with E-state index in [1.54, 1.807) is 30.3 Å². The van der Waals surface area contributed by atoms with Crippen molar-refractivity contribution in [3.05, 3.63) is 64.3 Å². The number of halogens is 2. The van der Waals surface area contributed by atoms with Crippen LogP contribution in [0.2, 0.25) is 10.0 Å². The summed E-state index contributed by atoms with van der Waals surface area (Å²) in [5.41, 5.74) is 5.25. The molecule has 0 aliphatic carbocycles. The van der Waals surface area contributed by atoms with Gasteiger partial charge >= 0.3 is 5.91 Å². The quantitative estimate of drug-likeness (QED) is 0.511. The molecule has 0 spiro atoms. The second-order valence-corrected chi connectivity index (χ2v) is 6.88. The van der Waals surface area contributed by atoms with E-state index in [1.165, 1.54) is 11.8 Å². The molecule has 2 N–H and O–H groups in total. The summed E-state index contributed by atoms with van der Waals surface area (Å²) >= 11 is 13.1. The number of hydrogen-bond acceptors (Lipinski definition) is 4. The Labute approximate surface area is 157 Å². The third-order valence-electron chi connectivity index (χ3n) is 3.22. The average Bonchev–Trinajstić information content (AvgIpc) is 3.04. The van der Waals surface area contributed by atoms with E-state index in [0.717, 1.165) is 5.39 Å². The van der Waals surface area contributed by atoms with Gasteiger partial charge in [0, 0.05) is 15.3 Å². The largest absolute Gasteiger partial charge is 0.451 e. The molecule has 0 atom stereocenters. The van der Waals surface area contributed by atoms with Gasteiger partial charge in [-0.2, -0.15) is 0 Å². The van der Waals surface area contributed by atoms with Crippen LogP contribution in [0.4, 0.5) is 0 Å². The van der Waals surface area contributed by atoms with Crippen LogP contribution in [0.1, 0.15) is 10.6 Å². The minimum Gasteiger partial charge on any atom is -0.451 e. The van der Waals surface area contributed by atoms with Gasteiger partial charge in [-0.3, -0.25) is 20.4 Å². The zero-order valence-electron chi connectivity index (χ0n) is 12.7. The normalized spacial score (nSPS) is 10.6. The lowest BCUT2D eigenvalue weighted by Crippen LogP contribution is -2.42. The summed E-state index contributed by atoms with van der Waals surface area (Å²) in [6.45, 7) is 0. The van der Waals surface area contributed by atoms with Crippen molar-refractivity contribution >= 4 is 57.7 Å². The highest BCUT2D eigenvalue weighted by Crippen LogP contribution is 2.29. The zero-order valence-corrected chi connectivity index (χ0v) is 15.0. The number of furan rings is 1. The van der Waals surface area contributed by atoms with Crippen LogP contribution >= 0.6 is 35.0 Å². The lowest BCUT2D eigenvalue weighted by Gasteiger charge is -2.07. The average molecular weight is 395 g/mol. The molecule has 0 bridgehead atoms. The summed E-state index contributed by atoms with van der Waals surface area (Å²) in [6.07, 6.45) is 0. The van der Waals surface area contributed by atoms with E-state index in [9.17, 15) is 9.59 Å². The second kappa shape index (κ2) is 7.82. The molecular weight excluding hydrogens is 383 g/mol. The Hall–Kier alpha value is -2.15. The van der Waals surface area contributed by atoms with Crippen molar-refractivity contribution in [2.75, 3.05) is 5.75 Å². The van der Waals surface area contributed by atoms with Crippen molar-refractivity contribution < 1.29 is 14.0 Å². The number of amides is 2. The summed E-state index contributed by atoms with van der Waals surface area (Å²) in [5, 5.41) is 1.85. The number of thioether (sulfide) groups is 1. The molecule has 0 radical (unpaired) electrons. The molecule has 0 aliphatic heterocycles. The van der Waals surface area contributed by atoms with E-state index in [2.05, 4.69) is 10.9 Å². The maximum atomic E-state index is 12.0. The van der Waals surface area contributed by atoms with Crippen LogP contribution < -0.4 is 10.9 Å². The summed E-state index contributed by atoms with van der Waals surface area (Å²) < 4.78 is 5.42. The summed E-state index contributed by atoms with van der Waals surface area (Å²) in [7, 11) is 0. The molecule has 3 aromatic rings. The fourth-order valence-corrected chi connectivity index (χ4v) is 3.34. The van der Waals surface area contributed by atoms with Crippen molar-refractivity contribution in [3.63, 3.8) is 0 Å². The summed E-state index contributed by atoms with van der Waals surface area (Å²) in [6, 6.07) is 13.9.